The van der Waals surface area contributed by atoms with Crippen molar-refractivity contribution in [3.05, 3.63) is 34.9 Å². The van der Waals surface area contributed by atoms with E-state index in [-0.39, 0.29) is 0 Å². The molecule has 1 aromatic carbocycles. The Morgan fingerprint density at radius 3 is 2.56 bits per heavy atom. The molecule has 88 valence electrons. The van der Waals surface area contributed by atoms with Gasteiger partial charge in [-0.1, -0.05) is 18.2 Å². The van der Waals surface area contributed by atoms with Gasteiger partial charge in [-0.15, -0.1) is 0 Å². The molecule has 0 saturated carbocycles. The molecule has 2 heteroatoms. The van der Waals surface area contributed by atoms with Crippen molar-refractivity contribution in [1.82, 2.24) is 4.90 Å². The smallest absolute Gasteiger partial charge is 0.0471 e. The van der Waals surface area contributed by atoms with Crippen molar-refractivity contribution < 1.29 is 5.11 Å². The van der Waals surface area contributed by atoms with Crippen molar-refractivity contribution in [2.45, 2.75) is 26.8 Å². The van der Waals surface area contributed by atoms with Crippen molar-refractivity contribution in [2.24, 2.45) is 5.92 Å². The van der Waals surface area contributed by atoms with Crippen LogP contribution in [-0.2, 0) is 6.54 Å². The van der Waals surface area contributed by atoms with E-state index < -0.39 is 0 Å². The molecule has 1 N–H and O–H groups in total. The molecule has 2 nitrogen and oxygen atoms in total. The van der Waals surface area contributed by atoms with Gasteiger partial charge in [-0.25, -0.2) is 0 Å². The molecule has 0 radical (unpaired) electrons. The first-order valence-electron chi connectivity index (χ1n) is 6.09. The van der Waals surface area contributed by atoms with Gasteiger partial charge in [0.05, 0.1) is 0 Å². The van der Waals surface area contributed by atoms with Crippen LogP contribution in [0.4, 0.5) is 0 Å². The summed E-state index contributed by atoms with van der Waals surface area (Å²) in [5.41, 5.74) is 4.22. The van der Waals surface area contributed by atoms with Crippen molar-refractivity contribution in [2.75, 3.05) is 19.7 Å². The fourth-order valence-electron chi connectivity index (χ4n) is 2.53. The minimum Gasteiger partial charge on any atom is -0.396 e. The van der Waals surface area contributed by atoms with Crippen LogP contribution in [0.25, 0.3) is 0 Å². The highest BCUT2D eigenvalue weighted by molar-refractivity contribution is 5.33. The number of aliphatic hydroxyl groups excluding tert-OH is 1. The summed E-state index contributed by atoms with van der Waals surface area (Å²) in [5, 5.41) is 9.13. The Bertz CT molecular complexity index is 342. The number of nitrogens with zero attached hydrogens (tertiary/aromatic N) is 1. The minimum absolute atomic E-state index is 0.337. The summed E-state index contributed by atoms with van der Waals surface area (Å²) in [6.07, 6.45) is 1.14. The van der Waals surface area contributed by atoms with E-state index in [1.807, 2.05) is 0 Å². The first kappa shape index (κ1) is 11.6. The Morgan fingerprint density at radius 1 is 1.31 bits per heavy atom. The van der Waals surface area contributed by atoms with E-state index >= 15 is 0 Å². The lowest BCUT2D eigenvalue weighted by molar-refractivity contribution is 0.220. The van der Waals surface area contributed by atoms with E-state index in [1.54, 1.807) is 0 Å². The third-order valence-corrected chi connectivity index (χ3v) is 3.65. The largest absolute Gasteiger partial charge is 0.396 e. The minimum atomic E-state index is 0.337. The van der Waals surface area contributed by atoms with Gasteiger partial charge >= 0.3 is 0 Å². The molecule has 1 atom stereocenters. The Labute approximate surface area is 97.9 Å². The van der Waals surface area contributed by atoms with E-state index in [0.29, 0.717) is 12.5 Å². The molecule has 0 amide bonds. The number of rotatable bonds is 3. The van der Waals surface area contributed by atoms with Gasteiger partial charge in [-0.05, 0) is 49.4 Å². The highest BCUT2D eigenvalue weighted by Gasteiger charge is 2.22. The Hall–Kier alpha value is -0.860. The highest BCUT2D eigenvalue weighted by Crippen LogP contribution is 2.21. The maximum atomic E-state index is 9.13. The van der Waals surface area contributed by atoms with Crippen LogP contribution in [0.5, 0.6) is 0 Å². The SMILES string of the molecule is Cc1cccc(C)c1CN1CCC(CO)C1. The van der Waals surface area contributed by atoms with Crippen LogP contribution in [0.15, 0.2) is 18.2 Å². The Balaban J connectivity index is 2.04. The molecular weight excluding hydrogens is 198 g/mol. The zero-order valence-corrected chi connectivity index (χ0v) is 10.2. The third-order valence-electron chi connectivity index (χ3n) is 3.65. The molecule has 1 aliphatic heterocycles. The molecule has 1 fully saturated rings. The van der Waals surface area contributed by atoms with Gasteiger partial charge in [0.25, 0.3) is 0 Å². The second-order valence-electron chi connectivity index (χ2n) is 4.94. The van der Waals surface area contributed by atoms with E-state index in [4.69, 9.17) is 5.11 Å². The summed E-state index contributed by atoms with van der Waals surface area (Å²) in [5.74, 6) is 0.490. The topological polar surface area (TPSA) is 23.5 Å². The molecule has 0 bridgehead atoms. The van der Waals surface area contributed by atoms with Gasteiger partial charge in [0.15, 0.2) is 0 Å². The van der Waals surface area contributed by atoms with Crippen LogP contribution in [-0.4, -0.2) is 29.7 Å². The van der Waals surface area contributed by atoms with Crippen LogP contribution in [0.2, 0.25) is 0 Å². The maximum absolute atomic E-state index is 9.13. The Kier molecular flexibility index (Phi) is 3.62. The van der Waals surface area contributed by atoms with Crippen LogP contribution in [0.3, 0.4) is 0 Å². The first-order chi connectivity index (χ1) is 7.70. The predicted molar refractivity (Wildman–Crippen MR) is 66.4 cm³/mol. The van der Waals surface area contributed by atoms with Crippen molar-refractivity contribution in [3.8, 4) is 0 Å². The number of aliphatic hydroxyl groups is 1. The summed E-state index contributed by atoms with van der Waals surface area (Å²) in [7, 11) is 0. The molecule has 2 rings (SSSR count). The fourth-order valence-corrected chi connectivity index (χ4v) is 2.53. The zero-order valence-electron chi connectivity index (χ0n) is 10.2. The lowest BCUT2D eigenvalue weighted by Gasteiger charge is -2.18. The predicted octanol–water partition coefficient (Wildman–Crippen LogP) is 2.12. The summed E-state index contributed by atoms with van der Waals surface area (Å²) >= 11 is 0. The molecule has 0 spiro atoms. The van der Waals surface area contributed by atoms with Gasteiger partial charge in [-0.3, -0.25) is 4.90 Å². The van der Waals surface area contributed by atoms with Crippen LogP contribution < -0.4 is 0 Å². The first-order valence-corrected chi connectivity index (χ1v) is 6.09. The molecule has 1 unspecified atom stereocenters. The molecule has 16 heavy (non-hydrogen) atoms. The van der Waals surface area contributed by atoms with Crippen LogP contribution in [0.1, 0.15) is 23.1 Å². The molecule has 1 saturated heterocycles. The normalized spacial score (nSPS) is 21.6. The van der Waals surface area contributed by atoms with E-state index in [1.165, 1.54) is 16.7 Å². The van der Waals surface area contributed by atoms with E-state index in [2.05, 4.69) is 36.9 Å². The van der Waals surface area contributed by atoms with Gasteiger partial charge in [0.1, 0.15) is 0 Å². The van der Waals surface area contributed by atoms with Crippen molar-refractivity contribution in [3.63, 3.8) is 0 Å². The summed E-state index contributed by atoms with van der Waals surface area (Å²) in [6.45, 7) is 7.91. The fraction of sp³-hybridized carbons (Fsp3) is 0.571. The van der Waals surface area contributed by atoms with Gasteiger partial charge in [0.2, 0.25) is 0 Å². The number of benzene rings is 1. The highest BCUT2D eigenvalue weighted by atomic mass is 16.3. The summed E-state index contributed by atoms with van der Waals surface area (Å²) in [6, 6.07) is 6.48. The Morgan fingerprint density at radius 2 is 2.00 bits per heavy atom. The monoisotopic (exact) mass is 219 g/mol. The lowest BCUT2D eigenvalue weighted by atomic mass is 10.0. The number of hydrogen-bond donors (Lipinski definition) is 1. The van der Waals surface area contributed by atoms with Crippen LogP contribution >= 0.6 is 0 Å². The van der Waals surface area contributed by atoms with Crippen LogP contribution in [0, 0.1) is 19.8 Å². The molecule has 1 aromatic rings. The lowest BCUT2D eigenvalue weighted by Crippen LogP contribution is -2.22. The second-order valence-corrected chi connectivity index (χ2v) is 4.94. The van der Waals surface area contributed by atoms with E-state index in [9.17, 15) is 0 Å². The average molecular weight is 219 g/mol. The average Bonchev–Trinajstić information content (AvgIpc) is 2.71. The number of aryl methyl sites for hydroxylation is 2. The quantitative estimate of drug-likeness (QED) is 0.841. The molecule has 1 heterocycles. The maximum Gasteiger partial charge on any atom is 0.0471 e. The van der Waals surface area contributed by atoms with Crippen molar-refractivity contribution in [1.29, 1.82) is 0 Å². The summed E-state index contributed by atoms with van der Waals surface area (Å²) < 4.78 is 0. The molecule has 0 aromatic heterocycles. The molecule has 0 aliphatic carbocycles. The van der Waals surface area contributed by atoms with Gasteiger partial charge < -0.3 is 5.11 Å². The van der Waals surface area contributed by atoms with Gasteiger partial charge in [-0.2, -0.15) is 0 Å². The zero-order chi connectivity index (χ0) is 11.5. The van der Waals surface area contributed by atoms with E-state index in [0.717, 1.165) is 26.1 Å². The standard InChI is InChI=1S/C14H21NO/c1-11-4-3-5-12(2)14(11)9-15-7-6-13(8-15)10-16/h3-5,13,16H,6-10H2,1-2H3. The summed E-state index contributed by atoms with van der Waals surface area (Å²) in [4.78, 5) is 2.45. The third kappa shape index (κ3) is 2.45. The number of hydrogen-bond acceptors (Lipinski definition) is 2. The second kappa shape index (κ2) is 4.98. The van der Waals surface area contributed by atoms with Crippen molar-refractivity contribution >= 4 is 0 Å². The molecule has 1 aliphatic rings. The number of likely N-dealkylation sites (tertiary alicyclic amines) is 1. The van der Waals surface area contributed by atoms with Gasteiger partial charge in [0, 0.05) is 19.7 Å². The molecular formula is C14H21NO.